The van der Waals surface area contributed by atoms with Gasteiger partial charge in [0.25, 0.3) is 15.9 Å². The van der Waals surface area contributed by atoms with Crippen LogP contribution in [-0.4, -0.2) is 45.1 Å². The second-order valence-electron chi connectivity index (χ2n) is 6.97. The fraction of sp³-hybridized carbons (Fsp3) is 0.333. The van der Waals surface area contributed by atoms with Gasteiger partial charge < -0.3 is 9.64 Å². The quantitative estimate of drug-likeness (QED) is 0.556. The third-order valence-electron chi connectivity index (χ3n) is 4.67. The van der Waals surface area contributed by atoms with Crippen molar-refractivity contribution in [2.45, 2.75) is 31.1 Å². The highest BCUT2D eigenvalue weighted by molar-refractivity contribution is 7.89. The number of rotatable bonds is 7. The van der Waals surface area contributed by atoms with E-state index in [0.29, 0.717) is 11.3 Å². The first-order chi connectivity index (χ1) is 13.9. The van der Waals surface area contributed by atoms with Crippen molar-refractivity contribution in [1.82, 2.24) is 9.73 Å². The van der Waals surface area contributed by atoms with Crippen molar-refractivity contribution >= 4 is 22.1 Å². The molecule has 1 fully saturated rings. The molecule has 1 saturated heterocycles. The minimum atomic E-state index is -3.70. The molecule has 0 unspecified atom stereocenters. The van der Waals surface area contributed by atoms with Crippen LogP contribution < -0.4 is 9.57 Å². The average molecular weight is 416 g/mol. The highest BCUT2D eigenvalue weighted by Crippen LogP contribution is 2.13. The van der Waals surface area contributed by atoms with Gasteiger partial charge in [0.05, 0.1) is 11.1 Å². The molecule has 29 heavy (non-hydrogen) atoms. The zero-order valence-electron chi connectivity index (χ0n) is 16.4. The number of nitrogens with zero attached hydrogens (tertiary/aromatic N) is 2. The van der Waals surface area contributed by atoms with Crippen LogP contribution in [0.4, 0.5) is 0 Å². The molecule has 1 aliphatic rings. The smallest absolute Gasteiger partial charge is 0.276 e. The van der Waals surface area contributed by atoms with Crippen LogP contribution in [0.5, 0.6) is 5.75 Å². The maximum absolute atomic E-state index is 12.2. The SMILES string of the molecule is Cc1ccc(S(=O)(=O)N/N=C/c2ccc(OCC(=O)N3CCCCC3)cc2)cc1. The molecule has 1 N–H and O–H groups in total. The largest absolute Gasteiger partial charge is 0.484 e. The Morgan fingerprint density at radius 3 is 2.38 bits per heavy atom. The fourth-order valence-electron chi connectivity index (χ4n) is 2.97. The first-order valence-electron chi connectivity index (χ1n) is 9.56. The van der Waals surface area contributed by atoms with Crippen LogP contribution >= 0.6 is 0 Å². The molecule has 1 amide bonds. The van der Waals surface area contributed by atoms with Gasteiger partial charge >= 0.3 is 0 Å². The van der Waals surface area contributed by atoms with E-state index in [1.54, 1.807) is 36.4 Å². The number of amides is 1. The minimum Gasteiger partial charge on any atom is -0.484 e. The molecule has 154 valence electrons. The van der Waals surface area contributed by atoms with Gasteiger partial charge in [0, 0.05) is 13.1 Å². The number of ether oxygens (including phenoxy) is 1. The molecule has 0 saturated carbocycles. The molecule has 0 bridgehead atoms. The number of nitrogens with one attached hydrogen (secondary N) is 1. The van der Waals surface area contributed by atoms with E-state index in [1.165, 1.54) is 24.8 Å². The summed E-state index contributed by atoms with van der Waals surface area (Å²) < 4.78 is 29.9. The molecule has 2 aromatic rings. The first kappa shape index (κ1) is 20.9. The van der Waals surface area contributed by atoms with E-state index in [2.05, 4.69) is 9.93 Å². The van der Waals surface area contributed by atoms with Gasteiger partial charge in [-0.1, -0.05) is 17.7 Å². The van der Waals surface area contributed by atoms with Gasteiger partial charge in [-0.3, -0.25) is 4.79 Å². The summed E-state index contributed by atoms with van der Waals surface area (Å²) in [5, 5.41) is 3.81. The standard InChI is InChI=1S/C21H25N3O4S/c1-17-5-11-20(12-6-17)29(26,27)23-22-15-18-7-9-19(10-8-18)28-16-21(25)24-13-3-2-4-14-24/h5-12,15,23H,2-4,13-14,16H2,1H3/b22-15+. The van der Waals surface area contributed by atoms with Gasteiger partial charge in [0.2, 0.25) is 0 Å². The number of carbonyl (C=O) groups excluding carboxylic acids is 1. The van der Waals surface area contributed by atoms with Gasteiger partial charge in [0.1, 0.15) is 5.75 Å². The van der Waals surface area contributed by atoms with Crippen LogP contribution in [0, 0.1) is 6.92 Å². The summed E-state index contributed by atoms with van der Waals surface area (Å²) in [5.74, 6) is 0.577. The Labute approximate surface area is 171 Å². The molecule has 2 aromatic carbocycles. The summed E-state index contributed by atoms with van der Waals surface area (Å²) in [6.45, 7) is 3.51. The van der Waals surface area contributed by atoms with E-state index in [4.69, 9.17) is 4.74 Å². The zero-order chi connectivity index (χ0) is 20.7. The third-order valence-corrected chi connectivity index (χ3v) is 5.91. The molecule has 0 aromatic heterocycles. The predicted octanol–water partition coefficient (Wildman–Crippen LogP) is 2.70. The van der Waals surface area contributed by atoms with Crippen LogP contribution in [0.1, 0.15) is 30.4 Å². The molecular weight excluding hydrogens is 390 g/mol. The van der Waals surface area contributed by atoms with Gasteiger partial charge in [0.15, 0.2) is 6.61 Å². The molecule has 0 radical (unpaired) electrons. The minimum absolute atomic E-state index is 0.000788. The second-order valence-corrected chi connectivity index (χ2v) is 8.63. The van der Waals surface area contributed by atoms with E-state index in [1.807, 2.05) is 11.8 Å². The first-order valence-corrected chi connectivity index (χ1v) is 11.0. The molecular formula is C21H25N3O4S. The normalized spacial score (nSPS) is 14.7. The van der Waals surface area contributed by atoms with Crippen molar-refractivity contribution in [1.29, 1.82) is 0 Å². The lowest BCUT2D eigenvalue weighted by Gasteiger charge is -2.26. The van der Waals surface area contributed by atoms with E-state index >= 15 is 0 Å². The van der Waals surface area contributed by atoms with E-state index in [-0.39, 0.29) is 17.4 Å². The molecule has 0 spiro atoms. The summed E-state index contributed by atoms with van der Waals surface area (Å²) in [6, 6.07) is 13.4. The summed E-state index contributed by atoms with van der Waals surface area (Å²) >= 11 is 0. The third kappa shape index (κ3) is 6.05. The van der Waals surface area contributed by atoms with Crippen LogP contribution in [0.25, 0.3) is 0 Å². The maximum Gasteiger partial charge on any atom is 0.276 e. The number of benzene rings is 2. The predicted molar refractivity (Wildman–Crippen MR) is 111 cm³/mol. The van der Waals surface area contributed by atoms with Gasteiger partial charge in [-0.25, -0.2) is 4.83 Å². The summed E-state index contributed by atoms with van der Waals surface area (Å²) in [4.78, 5) is 16.3. The number of piperidine rings is 1. The molecule has 0 atom stereocenters. The molecule has 1 aliphatic heterocycles. The van der Waals surface area contributed by atoms with Crippen molar-refractivity contribution in [3.63, 3.8) is 0 Å². The molecule has 8 heteroatoms. The number of hydrogen-bond acceptors (Lipinski definition) is 5. The van der Waals surface area contributed by atoms with Crippen molar-refractivity contribution in [2.75, 3.05) is 19.7 Å². The highest BCUT2D eigenvalue weighted by atomic mass is 32.2. The monoisotopic (exact) mass is 415 g/mol. The average Bonchev–Trinajstić information content (AvgIpc) is 2.74. The highest BCUT2D eigenvalue weighted by Gasteiger charge is 2.16. The molecule has 0 aliphatic carbocycles. The fourth-order valence-corrected chi connectivity index (χ4v) is 3.76. The number of likely N-dealkylation sites (tertiary alicyclic amines) is 1. The van der Waals surface area contributed by atoms with Gasteiger partial charge in [-0.15, -0.1) is 0 Å². The number of carbonyl (C=O) groups is 1. The van der Waals surface area contributed by atoms with Crippen molar-refractivity contribution in [2.24, 2.45) is 5.10 Å². The lowest BCUT2D eigenvalue weighted by atomic mass is 10.1. The Morgan fingerprint density at radius 1 is 1.07 bits per heavy atom. The Hall–Kier alpha value is -2.87. The lowest BCUT2D eigenvalue weighted by molar-refractivity contribution is -0.134. The zero-order valence-corrected chi connectivity index (χ0v) is 17.2. The van der Waals surface area contributed by atoms with Crippen LogP contribution in [0.3, 0.4) is 0 Å². The van der Waals surface area contributed by atoms with Crippen molar-refractivity contribution in [3.8, 4) is 5.75 Å². The van der Waals surface area contributed by atoms with Gasteiger partial charge in [-0.05, 0) is 68.1 Å². The van der Waals surface area contributed by atoms with Crippen molar-refractivity contribution < 1.29 is 17.9 Å². The summed E-state index contributed by atoms with van der Waals surface area (Å²) in [5.41, 5.74) is 1.68. The number of sulfonamides is 1. The lowest BCUT2D eigenvalue weighted by Crippen LogP contribution is -2.38. The van der Waals surface area contributed by atoms with Crippen LogP contribution in [-0.2, 0) is 14.8 Å². The molecule has 1 heterocycles. The van der Waals surface area contributed by atoms with Crippen molar-refractivity contribution in [3.05, 3.63) is 59.7 Å². The Kier molecular flexibility index (Phi) is 6.87. The molecule has 7 nitrogen and oxygen atoms in total. The van der Waals surface area contributed by atoms with E-state index in [9.17, 15) is 13.2 Å². The summed E-state index contributed by atoms with van der Waals surface area (Å²) in [6.07, 6.45) is 4.68. The summed E-state index contributed by atoms with van der Waals surface area (Å²) in [7, 11) is -3.70. The second kappa shape index (κ2) is 9.56. The topological polar surface area (TPSA) is 88.1 Å². The Balaban J connectivity index is 1.50. The van der Waals surface area contributed by atoms with Crippen LogP contribution in [0.2, 0.25) is 0 Å². The Bertz CT molecular complexity index is 948. The number of hydrogen-bond donors (Lipinski definition) is 1. The molecule has 3 rings (SSSR count). The van der Waals surface area contributed by atoms with Crippen LogP contribution in [0.15, 0.2) is 58.5 Å². The van der Waals surface area contributed by atoms with E-state index in [0.717, 1.165) is 31.5 Å². The maximum atomic E-state index is 12.2. The number of hydrazone groups is 1. The van der Waals surface area contributed by atoms with Gasteiger partial charge in [-0.2, -0.15) is 13.5 Å². The number of aryl methyl sites for hydroxylation is 1. The Morgan fingerprint density at radius 2 is 1.72 bits per heavy atom. The van der Waals surface area contributed by atoms with E-state index < -0.39 is 10.0 Å².